The van der Waals surface area contributed by atoms with Crippen LogP contribution in [-0.2, 0) is 0 Å². The molecule has 3 aromatic rings. The number of hydrogen-bond donors (Lipinski definition) is 3. The molecule has 7 nitrogen and oxygen atoms in total. The third-order valence-corrected chi connectivity index (χ3v) is 3.95. The number of aryl methyl sites for hydroxylation is 1. The number of phenolic OH excluding ortho intramolecular Hbond substituents is 2. The second-order valence-electron chi connectivity index (χ2n) is 6.23. The van der Waals surface area contributed by atoms with Crippen molar-refractivity contribution >= 4 is 18.1 Å². The summed E-state index contributed by atoms with van der Waals surface area (Å²) in [5.41, 5.74) is 4.37. The summed E-state index contributed by atoms with van der Waals surface area (Å²) < 4.78 is 5.33. The number of rotatable bonds is 5. The standard InChI is InChI=1S/C22H18N2O5/c1-14-3-2-4-16(11-14)22(28)29-18-8-5-15(6-9-18)13-23-24-21(27)19-10-7-17(25)12-20(19)26/h2-13,25-26H,1H3,(H,24,27)/b23-13+. The number of carbonyl (C=O) groups is 2. The number of esters is 1. The highest BCUT2D eigenvalue weighted by atomic mass is 16.5. The molecule has 146 valence electrons. The first-order valence-corrected chi connectivity index (χ1v) is 8.66. The molecule has 0 heterocycles. The smallest absolute Gasteiger partial charge is 0.343 e. The van der Waals surface area contributed by atoms with Crippen LogP contribution in [0.2, 0.25) is 0 Å². The number of aromatic hydroxyl groups is 2. The van der Waals surface area contributed by atoms with Crippen LogP contribution in [0, 0.1) is 6.92 Å². The Morgan fingerprint density at radius 1 is 1.00 bits per heavy atom. The van der Waals surface area contributed by atoms with E-state index < -0.39 is 11.9 Å². The molecule has 0 fully saturated rings. The van der Waals surface area contributed by atoms with Gasteiger partial charge in [-0.1, -0.05) is 17.7 Å². The molecule has 3 aromatic carbocycles. The molecule has 0 aliphatic rings. The van der Waals surface area contributed by atoms with Gasteiger partial charge in [-0.2, -0.15) is 5.10 Å². The average molecular weight is 390 g/mol. The first kappa shape index (κ1) is 19.6. The second-order valence-corrected chi connectivity index (χ2v) is 6.23. The average Bonchev–Trinajstić information content (AvgIpc) is 2.69. The fourth-order valence-electron chi connectivity index (χ4n) is 2.50. The minimum atomic E-state index is -0.623. The molecule has 0 spiro atoms. The van der Waals surface area contributed by atoms with E-state index in [1.165, 1.54) is 18.3 Å². The Morgan fingerprint density at radius 2 is 1.76 bits per heavy atom. The Kier molecular flexibility index (Phi) is 5.89. The molecule has 3 N–H and O–H groups in total. The number of nitrogens with zero attached hydrogens (tertiary/aromatic N) is 1. The monoisotopic (exact) mass is 390 g/mol. The van der Waals surface area contributed by atoms with E-state index in [9.17, 15) is 19.8 Å². The highest BCUT2D eigenvalue weighted by Gasteiger charge is 2.11. The van der Waals surface area contributed by atoms with Gasteiger partial charge in [0.25, 0.3) is 5.91 Å². The molecule has 0 radical (unpaired) electrons. The van der Waals surface area contributed by atoms with Gasteiger partial charge in [-0.05, 0) is 61.0 Å². The third kappa shape index (κ3) is 5.20. The molecule has 0 unspecified atom stereocenters. The number of nitrogens with one attached hydrogen (secondary N) is 1. The summed E-state index contributed by atoms with van der Waals surface area (Å²) in [6.45, 7) is 1.90. The maximum Gasteiger partial charge on any atom is 0.343 e. The highest BCUT2D eigenvalue weighted by molar-refractivity contribution is 5.97. The lowest BCUT2D eigenvalue weighted by atomic mass is 10.1. The summed E-state index contributed by atoms with van der Waals surface area (Å²) in [4.78, 5) is 24.1. The van der Waals surface area contributed by atoms with Crippen LogP contribution < -0.4 is 10.2 Å². The van der Waals surface area contributed by atoms with Crippen LogP contribution in [0.1, 0.15) is 31.8 Å². The molecule has 0 saturated carbocycles. The lowest BCUT2D eigenvalue weighted by molar-refractivity contribution is 0.0734. The normalized spacial score (nSPS) is 10.7. The Morgan fingerprint density at radius 3 is 2.45 bits per heavy atom. The van der Waals surface area contributed by atoms with E-state index in [4.69, 9.17) is 4.74 Å². The number of ether oxygens (including phenoxy) is 1. The first-order valence-electron chi connectivity index (χ1n) is 8.66. The van der Waals surface area contributed by atoms with Crippen molar-refractivity contribution in [3.63, 3.8) is 0 Å². The fourth-order valence-corrected chi connectivity index (χ4v) is 2.50. The molecule has 0 aliphatic heterocycles. The summed E-state index contributed by atoms with van der Waals surface area (Å²) >= 11 is 0. The predicted molar refractivity (Wildman–Crippen MR) is 107 cm³/mol. The summed E-state index contributed by atoms with van der Waals surface area (Å²) in [5, 5.41) is 22.7. The minimum absolute atomic E-state index is 0.0154. The summed E-state index contributed by atoms with van der Waals surface area (Å²) in [7, 11) is 0. The van der Waals surface area contributed by atoms with Crippen molar-refractivity contribution in [1.29, 1.82) is 0 Å². The van der Waals surface area contributed by atoms with Crippen molar-refractivity contribution in [1.82, 2.24) is 5.43 Å². The minimum Gasteiger partial charge on any atom is -0.508 e. The maximum absolute atomic E-state index is 12.1. The summed E-state index contributed by atoms with van der Waals surface area (Å²) in [6, 6.07) is 17.3. The summed E-state index contributed by atoms with van der Waals surface area (Å²) in [6.07, 6.45) is 1.40. The van der Waals surface area contributed by atoms with E-state index in [1.807, 2.05) is 13.0 Å². The van der Waals surface area contributed by atoms with Gasteiger partial charge in [0.05, 0.1) is 17.3 Å². The van der Waals surface area contributed by atoms with Crippen LogP contribution in [-0.4, -0.2) is 28.3 Å². The van der Waals surface area contributed by atoms with Gasteiger partial charge >= 0.3 is 5.97 Å². The summed E-state index contributed by atoms with van der Waals surface area (Å²) in [5.74, 6) is -1.19. The Hall–Kier alpha value is -4.13. The van der Waals surface area contributed by atoms with Gasteiger partial charge in [-0.3, -0.25) is 4.79 Å². The maximum atomic E-state index is 12.1. The number of amides is 1. The van der Waals surface area contributed by atoms with Gasteiger partial charge in [-0.15, -0.1) is 0 Å². The zero-order chi connectivity index (χ0) is 20.8. The van der Waals surface area contributed by atoms with Crippen LogP contribution in [0.5, 0.6) is 17.2 Å². The van der Waals surface area contributed by atoms with Gasteiger partial charge in [0.1, 0.15) is 17.2 Å². The zero-order valence-corrected chi connectivity index (χ0v) is 15.5. The number of phenols is 2. The Bertz CT molecular complexity index is 1070. The van der Waals surface area contributed by atoms with Gasteiger partial charge in [0.15, 0.2) is 0 Å². The van der Waals surface area contributed by atoms with Crippen LogP contribution in [0.3, 0.4) is 0 Å². The molecule has 0 aliphatic carbocycles. The van der Waals surface area contributed by atoms with Crippen molar-refractivity contribution < 1.29 is 24.5 Å². The van der Waals surface area contributed by atoms with Crippen LogP contribution in [0.4, 0.5) is 0 Å². The number of hydrazone groups is 1. The lowest BCUT2D eigenvalue weighted by Crippen LogP contribution is -2.17. The molecule has 0 saturated heterocycles. The quantitative estimate of drug-likeness (QED) is 0.268. The molecular formula is C22H18N2O5. The highest BCUT2D eigenvalue weighted by Crippen LogP contribution is 2.22. The molecule has 3 rings (SSSR count). The number of benzene rings is 3. The van der Waals surface area contributed by atoms with Crippen molar-refractivity contribution in [3.05, 3.63) is 89.0 Å². The molecule has 0 bridgehead atoms. The van der Waals surface area contributed by atoms with Gasteiger partial charge in [0.2, 0.25) is 0 Å². The van der Waals surface area contributed by atoms with Crippen molar-refractivity contribution in [3.8, 4) is 17.2 Å². The zero-order valence-electron chi connectivity index (χ0n) is 15.5. The van der Waals surface area contributed by atoms with E-state index in [2.05, 4.69) is 10.5 Å². The molecule has 0 atom stereocenters. The molecular weight excluding hydrogens is 372 g/mol. The van der Waals surface area contributed by atoms with Crippen LogP contribution in [0.25, 0.3) is 0 Å². The Balaban J connectivity index is 1.58. The van der Waals surface area contributed by atoms with E-state index in [0.29, 0.717) is 16.9 Å². The van der Waals surface area contributed by atoms with Gasteiger partial charge in [-0.25, -0.2) is 10.2 Å². The van der Waals surface area contributed by atoms with E-state index >= 15 is 0 Å². The van der Waals surface area contributed by atoms with Gasteiger partial charge < -0.3 is 14.9 Å². The molecule has 7 heteroatoms. The fraction of sp³-hybridized carbons (Fsp3) is 0.0455. The van der Waals surface area contributed by atoms with E-state index in [0.717, 1.165) is 11.6 Å². The van der Waals surface area contributed by atoms with E-state index in [-0.39, 0.29) is 17.1 Å². The van der Waals surface area contributed by atoms with Crippen molar-refractivity contribution in [2.24, 2.45) is 5.10 Å². The number of carbonyl (C=O) groups excluding carboxylic acids is 2. The number of hydrogen-bond acceptors (Lipinski definition) is 6. The van der Waals surface area contributed by atoms with E-state index in [1.54, 1.807) is 42.5 Å². The van der Waals surface area contributed by atoms with Crippen molar-refractivity contribution in [2.75, 3.05) is 0 Å². The molecule has 29 heavy (non-hydrogen) atoms. The SMILES string of the molecule is Cc1cccc(C(=O)Oc2ccc(/C=N/NC(=O)c3ccc(O)cc3O)cc2)c1. The third-order valence-electron chi connectivity index (χ3n) is 3.95. The van der Waals surface area contributed by atoms with Crippen molar-refractivity contribution in [2.45, 2.75) is 6.92 Å². The van der Waals surface area contributed by atoms with Gasteiger partial charge in [0, 0.05) is 6.07 Å². The lowest BCUT2D eigenvalue weighted by Gasteiger charge is -2.05. The Labute approximate surface area is 166 Å². The molecule has 0 aromatic heterocycles. The van der Waals surface area contributed by atoms with Crippen LogP contribution in [0.15, 0.2) is 71.8 Å². The first-order chi connectivity index (χ1) is 13.9. The molecule has 1 amide bonds. The predicted octanol–water partition coefficient (Wildman–Crippen LogP) is 3.39. The largest absolute Gasteiger partial charge is 0.508 e. The second kappa shape index (κ2) is 8.71. The van der Waals surface area contributed by atoms with Crippen LogP contribution >= 0.6 is 0 Å². The topological polar surface area (TPSA) is 108 Å².